The van der Waals surface area contributed by atoms with Crippen molar-refractivity contribution in [3.05, 3.63) is 59.7 Å². The van der Waals surface area contributed by atoms with Gasteiger partial charge in [0.05, 0.1) is 7.11 Å². The average Bonchev–Trinajstić information content (AvgIpc) is 2.90. The van der Waals surface area contributed by atoms with Gasteiger partial charge in [0.1, 0.15) is 5.75 Å². The van der Waals surface area contributed by atoms with Crippen molar-refractivity contribution < 1.29 is 9.53 Å². The molecule has 1 aliphatic rings. The number of methoxy groups -OCH3 is 1. The van der Waals surface area contributed by atoms with Gasteiger partial charge >= 0.3 is 0 Å². The van der Waals surface area contributed by atoms with Crippen LogP contribution in [-0.2, 0) is 10.3 Å². The van der Waals surface area contributed by atoms with Crippen LogP contribution in [0.2, 0.25) is 0 Å². The highest BCUT2D eigenvalue weighted by Gasteiger charge is 2.46. The molecule has 1 amide bonds. The minimum absolute atomic E-state index is 0.118. The van der Waals surface area contributed by atoms with Crippen molar-refractivity contribution >= 4 is 17.6 Å². The molecule has 1 heterocycles. The fourth-order valence-electron chi connectivity index (χ4n) is 2.86. The Balaban J connectivity index is 2.14. The van der Waals surface area contributed by atoms with Gasteiger partial charge in [-0.3, -0.25) is 10.1 Å². The van der Waals surface area contributed by atoms with Gasteiger partial charge in [-0.05, 0) is 35.4 Å². The van der Waals surface area contributed by atoms with Gasteiger partial charge in [0, 0.05) is 19.8 Å². The van der Waals surface area contributed by atoms with E-state index in [1.165, 1.54) is 0 Å². The van der Waals surface area contributed by atoms with E-state index >= 15 is 0 Å². The highest BCUT2D eigenvalue weighted by Crippen LogP contribution is 2.38. The third-order valence-corrected chi connectivity index (χ3v) is 4.17. The third-order valence-electron chi connectivity index (χ3n) is 4.17. The number of hydrogen-bond acceptors (Lipinski definition) is 5. The second-order valence-corrected chi connectivity index (χ2v) is 5.83. The summed E-state index contributed by atoms with van der Waals surface area (Å²) in [5, 5.41) is 2.62. The Morgan fingerprint density at radius 1 is 1.04 bits per heavy atom. The Kier molecular flexibility index (Phi) is 3.89. The van der Waals surface area contributed by atoms with Crippen molar-refractivity contribution in [2.24, 2.45) is 10.7 Å². The number of anilines is 1. The number of nitrogens with two attached hydrogens (primary N) is 1. The smallest absolute Gasteiger partial charge is 0.263 e. The molecule has 1 atom stereocenters. The number of hydrogen-bond donors (Lipinski definition) is 2. The summed E-state index contributed by atoms with van der Waals surface area (Å²) in [4.78, 5) is 19.2. The van der Waals surface area contributed by atoms with Crippen LogP contribution in [-0.4, -0.2) is 33.1 Å². The topological polar surface area (TPSA) is 79.9 Å². The first-order valence-corrected chi connectivity index (χ1v) is 7.56. The molecule has 0 saturated carbocycles. The van der Waals surface area contributed by atoms with Gasteiger partial charge in [-0.25, -0.2) is 4.99 Å². The first-order chi connectivity index (χ1) is 11.5. The van der Waals surface area contributed by atoms with Gasteiger partial charge in [-0.1, -0.05) is 24.3 Å². The Morgan fingerprint density at radius 3 is 2.00 bits per heavy atom. The fraction of sp³-hybridized carbons (Fsp3) is 0.222. The quantitative estimate of drug-likeness (QED) is 0.892. The molecule has 24 heavy (non-hydrogen) atoms. The van der Waals surface area contributed by atoms with Crippen LogP contribution >= 0.6 is 0 Å². The maximum Gasteiger partial charge on any atom is 0.263 e. The Labute approximate surface area is 140 Å². The Hall–Kier alpha value is -3.02. The first kappa shape index (κ1) is 15.9. The Bertz CT molecular complexity index is 782. The Morgan fingerprint density at radius 2 is 1.58 bits per heavy atom. The molecule has 2 aromatic rings. The molecule has 1 aliphatic heterocycles. The molecule has 124 valence electrons. The van der Waals surface area contributed by atoms with Gasteiger partial charge < -0.3 is 15.4 Å². The molecule has 6 heteroatoms. The monoisotopic (exact) mass is 324 g/mol. The van der Waals surface area contributed by atoms with E-state index in [4.69, 9.17) is 10.5 Å². The van der Waals surface area contributed by atoms with Crippen LogP contribution in [0.15, 0.2) is 53.5 Å². The van der Waals surface area contributed by atoms with Gasteiger partial charge in [0.25, 0.3) is 5.91 Å². The SMILES string of the molecule is COc1ccc(C2(c3ccc(N(C)C)cc3)N=C(N)NC2=O)cc1. The molecular weight excluding hydrogens is 304 g/mol. The van der Waals surface area contributed by atoms with Crippen LogP contribution in [0.4, 0.5) is 5.69 Å². The summed E-state index contributed by atoms with van der Waals surface area (Å²) in [5.74, 6) is 0.572. The standard InChI is InChI=1S/C18H20N4O2/c1-22(2)14-8-4-12(5-9-14)18(16(23)20-17(19)21-18)13-6-10-15(24-3)11-7-13/h4-11H,1-3H3,(H3,19,20,21,23). The number of guanidine groups is 1. The number of aliphatic imine (C=N–C) groups is 1. The molecule has 2 aromatic carbocycles. The lowest BCUT2D eigenvalue weighted by atomic mass is 9.83. The van der Waals surface area contributed by atoms with Crippen molar-refractivity contribution in [3.8, 4) is 5.75 Å². The lowest BCUT2D eigenvalue weighted by Gasteiger charge is -2.25. The average molecular weight is 324 g/mol. The number of nitrogens with one attached hydrogen (secondary N) is 1. The van der Waals surface area contributed by atoms with Gasteiger partial charge in [-0.2, -0.15) is 0 Å². The summed E-state index contributed by atoms with van der Waals surface area (Å²) >= 11 is 0. The molecule has 3 N–H and O–H groups in total. The van der Waals surface area contributed by atoms with Crippen LogP contribution in [0.25, 0.3) is 0 Å². The normalized spacial score (nSPS) is 19.6. The van der Waals surface area contributed by atoms with E-state index in [0.717, 1.165) is 16.8 Å². The zero-order valence-corrected chi connectivity index (χ0v) is 13.9. The minimum Gasteiger partial charge on any atom is -0.497 e. The highest BCUT2D eigenvalue weighted by atomic mass is 16.5. The molecular formula is C18H20N4O2. The van der Waals surface area contributed by atoms with Crippen molar-refractivity contribution in [2.45, 2.75) is 5.54 Å². The van der Waals surface area contributed by atoms with Crippen LogP contribution in [0.5, 0.6) is 5.75 Å². The molecule has 1 unspecified atom stereocenters. The maximum absolute atomic E-state index is 12.7. The molecule has 0 fully saturated rings. The fourth-order valence-corrected chi connectivity index (χ4v) is 2.86. The molecule has 0 radical (unpaired) electrons. The summed E-state index contributed by atoms with van der Waals surface area (Å²) in [7, 11) is 5.53. The molecule has 3 rings (SSSR count). The van der Waals surface area contributed by atoms with Crippen LogP contribution in [0.3, 0.4) is 0 Å². The van der Waals surface area contributed by atoms with Crippen LogP contribution in [0, 0.1) is 0 Å². The lowest BCUT2D eigenvalue weighted by molar-refractivity contribution is -0.122. The number of benzene rings is 2. The van der Waals surface area contributed by atoms with Crippen molar-refractivity contribution in [1.29, 1.82) is 0 Å². The molecule has 0 bridgehead atoms. The van der Waals surface area contributed by atoms with Gasteiger partial charge in [0.2, 0.25) is 0 Å². The van der Waals surface area contributed by atoms with Crippen LogP contribution in [0.1, 0.15) is 11.1 Å². The molecule has 6 nitrogen and oxygen atoms in total. The summed E-state index contributed by atoms with van der Waals surface area (Å²) in [6, 6.07) is 15.0. The largest absolute Gasteiger partial charge is 0.497 e. The van der Waals surface area contributed by atoms with E-state index in [2.05, 4.69) is 10.3 Å². The van der Waals surface area contributed by atoms with Crippen molar-refractivity contribution in [2.75, 3.05) is 26.1 Å². The molecule has 0 aliphatic carbocycles. The number of amides is 1. The number of carbonyl (C=O) groups excluding carboxylic acids is 1. The van der Waals surface area contributed by atoms with E-state index in [1.807, 2.05) is 67.5 Å². The van der Waals surface area contributed by atoms with E-state index in [0.29, 0.717) is 5.75 Å². The predicted octanol–water partition coefficient (Wildman–Crippen LogP) is 1.45. The zero-order chi connectivity index (χ0) is 17.3. The molecule has 0 spiro atoms. The highest BCUT2D eigenvalue weighted by molar-refractivity contribution is 6.09. The summed E-state index contributed by atoms with van der Waals surface area (Å²) in [6.07, 6.45) is 0. The van der Waals surface area contributed by atoms with E-state index in [9.17, 15) is 4.79 Å². The number of ether oxygens (including phenoxy) is 1. The van der Waals surface area contributed by atoms with Crippen molar-refractivity contribution in [1.82, 2.24) is 5.32 Å². The third kappa shape index (κ3) is 2.46. The number of rotatable bonds is 4. The second kappa shape index (κ2) is 5.88. The lowest BCUT2D eigenvalue weighted by Crippen LogP contribution is -2.39. The predicted molar refractivity (Wildman–Crippen MR) is 94.3 cm³/mol. The van der Waals surface area contributed by atoms with Crippen LogP contribution < -0.4 is 20.7 Å². The second-order valence-electron chi connectivity index (χ2n) is 5.83. The summed E-state index contributed by atoms with van der Waals surface area (Å²) in [5.41, 5.74) is 7.15. The minimum atomic E-state index is -1.18. The first-order valence-electron chi connectivity index (χ1n) is 7.56. The van der Waals surface area contributed by atoms with Gasteiger partial charge in [0.15, 0.2) is 11.5 Å². The van der Waals surface area contributed by atoms with E-state index in [1.54, 1.807) is 7.11 Å². The zero-order valence-electron chi connectivity index (χ0n) is 13.9. The van der Waals surface area contributed by atoms with E-state index < -0.39 is 5.54 Å². The summed E-state index contributed by atoms with van der Waals surface area (Å²) in [6.45, 7) is 0. The van der Waals surface area contributed by atoms with Gasteiger partial charge in [-0.15, -0.1) is 0 Å². The maximum atomic E-state index is 12.7. The number of carbonyl (C=O) groups is 1. The van der Waals surface area contributed by atoms with Crippen molar-refractivity contribution in [3.63, 3.8) is 0 Å². The number of nitrogens with zero attached hydrogens (tertiary/aromatic N) is 2. The molecule has 0 saturated heterocycles. The summed E-state index contributed by atoms with van der Waals surface area (Å²) < 4.78 is 5.19. The molecule has 0 aromatic heterocycles. The van der Waals surface area contributed by atoms with E-state index in [-0.39, 0.29) is 11.9 Å².